The smallest absolute Gasteiger partial charge is 0.251 e. The summed E-state index contributed by atoms with van der Waals surface area (Å²) in [6.07, 6.45) is 1.11. The zero-order valence-corrected chi connectivity index (χ0v) is 14.6. The molecule has 0 unspecified atom stereocenters. The van der Waals surface area contributed by atoms with Crippen LogP contribution in [-0.4, -0.2) is 58.2 Å². The Labute approximate surface area is 140 Å². The molecule has 1 aromatic rings. The molecule has 1 aromatic carbocycles. The minimum atomic E-state index is -3.35. The first-order chi connectivity index (χ1) is 10.3. The second kappa shape index (κ2) is 8.69. The van der Waals surface area contributed by atoms with Crippen molar-refractivity contribution in [2.75, 3.05) is 39.6 Å². The fraction of sp³-hybridized carbons (Fsp3) is 0.462. The van der Waals surface area contributed by atoms with E-state index < -0.39 is 10.0 Å². The predicted octanol–water partition coefficient (Wildman–Crippen LogP) is 1.63. The zero-order valence-electron chi connectivity index (χ0n) is 12.3. The lowest BCUT2D eigenvalue weighted by Gasteiger charge is -2.19. The summed E-state index contributed by atoms with van der Waals surface area (Å²) in [7, 11) is -1.86. The van der Waals surface area contributed by atoms with Gasteiger partial charge in [-0.25, -0.2) is 8.42 Å². The lowest BCUT2D eigenvalue weighted by Crippen LogP contribution is -2.39. The van der Waals surface area contributed by atoms with E-state index in [0.29, 0.717) is 10.6 Å². The van der Waals surface area contributed by atoms with Gasteiger partial charge >= 0.3 is 0 Å². The number of amides is 1. The maximum atomic E-state index is 11.9. The van der Waals surface area contributed by atoms with E-state index in [2.05, 4.69) is 5.32 Å². The van der Waals surface area contributed by atoms with Crippen LogP contribution in [0.1, 0.15) is 10.4 Å². The van der Waals surface area contributed by atoms with Crippen LogP contribution in [0, 0.1) is 0 Å². The molecular weight excluding hydrogens is 351 g/mol. The van der Waals surface area contributed by atoms with Crippen LogP contribution in [0.4, 0.5) is 0 Å². The topological polar surface area (TPSA) is 75.7 Å². The van der Waals surface area contributed by atoms with Gasteiger partial charge in [0.2, 0.25) is 10.0 Å². The zero-order chi connectivity index (χ0) is 16.8. The normalized spacial score (nSPS) is 11.7. The first-order valence-corrected chi connectivity index (χ1v) is 9.03. The summed E-state index contributed by atoms with van der Waals surface area (Å²) in [6.45, 7) is 0.858. The second-order valence-corrected chi connectivity index (χ2v) is 7.34. The number of carbonyl (C=O) groups excluding carboxylic acids is 1. The first-order valence-electron chi connectivity index (χ1n) is 6.43. The van der Waals surface area contributed by atoms with Gasteiger partial charge in [-0.1, -0.05) is 23.2 Å². The minimum Gasteiger partial charge on any atom is -0.383 e. The number of nitrogens with zero attached hydrogens (tertiary/aromatic N) is 1. The number of halogens is 2. The number of ether oxygens (including phenoxy) is 1. The molecule has 0 saturated carbocycles. The van der Waals surface area contributed by atoms with Crippen molar-refractivity contribution in [1.29, 1.82) is 0 Å². The van der Waals surface area contributed by atoms with Crippen molar-refractivity contribution in [3.8, 4) is 0 Å². The van der Waals surface area contributed by atoms with Crippen LogP contribution in [0.25, 0.3) is 0 Å². The molecule has 22 heavy (non-hydrogen) atoms. The minimum absolute atomic E-state index is 0.162. The van der Waals surface area contributed by atoms with E-state index in [-0.39, 0.29) is 37.2 Å². The van der Waals surface area contributed by atoms with Crippen molar-refractivity contribution < 1.29 is 17.9 Å². The van der Waals surface area contributed by atoms with Crippen molar-refractivity contribution in [2.45, 2.75) is 0 Å². The van der Waals surface area contributed by atoms with Crippen molar-refractivity contribution in [2.24, 2.45) is 0 Å². The number of carbonyl (C=O) groups is 1. The van der Waals surface area contributed by atoms with Crippen LogP contribution in [0.3, 0.4) is 0 Å². The average Bonchev–Trinajstić information content (AvgIpc) is 2.44. The summed E-state index contributed by atoms with van der Waals surface area (Å²) in [6, 6.07) is 4.53. The first kappa shape index (κ1) is 19.2. The van der Waals surface area contributed by atoms with E-state index in [1.54, 1.807) is 6.07 Å². The van der Waals surface area contributed by atoms with Gasteiger partial charge in [-0.05, 0) is 18.2 Å². The highest BCUT2D eigenvalue weighted by molar-refractivity contribution is 7.88. The van der Waals surface area contributed by atoms with Crippen LogP contribution in [0.5, 0.6) is 0 Å². The lowest BCUT2D eigenvalue weighted by atomic mass is 10.2. The van der Waals surface area contributed by atoms with Crippen LogP contribution >= 0.6 is 23.2 Å². The molecule has 124 valence electrons. The maximum Gasteiger partial charge on any atom is 0.251 e. The van der Waals surface area contributed by atoms with Gasteiger partial charge < -0.3 is 10.1 Å². The summed E-state index contributed by atoms with van der Waals surface area (Å²) in [5.41, 5.74) is 0.359. The highest BCUT2D eigenvalue weighted by Gasteiger charge is 2.16. The van der Waals surface area contributed by atoms with Gasteiger partial charge in [0.05, 0.1) is 22.9 Å². The van der Waals surface area contributed by atoms with Crippen molar-refractivity contribution in [1.82, 2.24) is 9.62 Å². The van der Waals surface area contributed by atoms with Gasteiger partial charge in [-0.2, -0.15) is 4.31 Å². The fourth-order valence-corrected chi connectivity index (χ4v) is 2.80. The van der Waals surface area contributed by atoms with Gasteiger partial charge in [0.15, 0.2) is 0 Å². The Bertz CT molecular complexity index is 622. The van der Waals surface area contributed by atoms with Crippen molar-refractivity contribution in [3.05, 3.63) is 33.8 Å². The quantitative estimate of drug-likeness (QED) is 0.756. The summed E-state index contributed by atoms with van der Waals surface area (Å²) in [5, 5.41) is 3.28. The summed E-state index contributed by atoms with van der Waals surface area (Å²) in [4.78, 5) is 11.9. The largest absolute Gasteiger partial charge is 0.383 e. The molecule has 0 spiro atoms. The number of rotatable bonds is 8. The van der Waals surface area contributed by atoms with E-state index in [1.807, 2.05) is 0 Å². The van der Waals surface area contributed by atoms with Crippen LogP contribution in [0.15, 0.2) is 18.2 Å². The molecule has 0 aliphatic rings. The molecule has 1 amide bonds. The molecule has 1 rings (SSSR count). The van der Waals surface area contributed by atoms with E-state index in [0.717, 1.165) is 6.26 Å². The highest BCUT2D eigenvalue weighted by atomic mass is 35.5. The third-order valence-corrected chi connectivity index (χ3v) is 4.88. The molecule has 0 aromatic heterocycles. The van der Waals surface area contributed by atoms with Gasteiger partial charge in [0, 0.05) is 32.3 Å². The molecule has 9 heteroatoms. The molecule has 0 saturated heterocycles. The van der Waals surface area contributed by atoms with E-state index in [9.17, 15) is 13.2 Å². The van der Waals surface area contributed by atoms with Gasteiger partial charge in [-0.3, -0.25) is 4.79 Å². The number of sulfonamides is 1. The third kappa shape index (κ3) is 6.10. The molecule has 1 N–H and O–H groups in total. The monoisotopic (exact) mass is 368 g/mol. The fourth-order valence-electron chi connectivity index (χ4n) is 1.67. The molecule has 0 atom stereocenters. The highest BCUT2D eigenvalue weighted by Crippen LogP contribution is 2.22. The van der Waals surface area contributed by atoms with Gasteiger partial charge in [0.25, 0.3) is 5.91 Å². The molecule has 0 bridgehead atoms. The molecule has 0 heterocycles. The third-order valence-electron chi connectivity index (χ3n) is 2.84. The Morgan fingerprint density at radius 3 is 2.50 bits per heavy atom. The van der Waals surface area contributed by atoms with Crippen LogP contribution < -0.4 is 5.32 Å². The lowest BCUT2D eigenvalue weighted by molar-refractivity contribution is 0.0950. The number of nitrogens with one attached hydrogen (secondary N) is 1. The van der Waals surface area contributed by atoms with Crippen LogP contribution in [0.2, 0.25) is 10.0 Å². The summed E-state index contributed by atoms with van der Waals surface area (Å²) < 4.78 is 29.3. The molecule has 0 fully saturated rings. The Balaban J connectivity index is 2.57. The average molecular weight is 369 g/mol. The Hall–Kier alpha value is -0.860. The standard InChI is InChI=1S/C13H18Cl2N2O4S/c1-21-8-7-17(22(2,19)20)6-5-16-13(18)10-3-4-11(14)12(15)9-10/h3-4,9H,5-8H2,1-2H3,(H,16,18). The summed E-state index contributed by atoms with van der Waals surface area (Å²) in [5.74, 6) is -0.348. The van der Waals surface area contributed by atoms with Gasteiger partial charge in [-0.15, -0.1) is 0 Å². The SMILES string of the molecule is COCCN(CCNC(=O)c1ccc(Cl)c(Cl)c1)S(C)(=O)=O. The molecule has 0 aliphatic heterocycles. The number of benzene rings is 1. The van der Waals surface area contributed by atoms with Crippen molar-refractivity contribution >= 4 is 39.1 Å². The molecule has 6 nitrogen and oxygen atoms in total. The number of methoxy groups -OCH3 is 1. The van der Waals surface area contributed by atoms with Crippen LogP contribution in [-0.2, 0) is 14.8 Å². The maximum absolute atomic E-state index is 11.9. The van der Waals surface area contributed by atoms with E-state index >= 15 is 0 Å². The summed E-state index contributed by atoms with van der Waals surface area (Å²) >= 11 is 11.6. The molecule has 0 radical (unpaired) electrons. The Kier molecular flexibility index (Phi) is 7.58. The van der Waals surface area contributed by atoms with E-state index in [1.165, 1.54) is 23.5 Å². The number of hydrogen-bond acceptors (Lipinski definition) is 4. The molecule has 0 aliphatic carbocycles. The molecular formula is C13H18Cl2N2O4S. The Morgan fingerprint density at radius 2 is 1.95 bits per heavy atom. The van der Waals surface area contributed by atoms with Crippen molar-refractivity contribution in [3.63, 3.8) is 0 Å². The predicted molar refractivity (Wildman–Crippen MR) is 87.1 cm³/mol. The second-order valence-electron chi connectivity index (χ2n) is 4.54. The Morgan fingerprint density at radius 1 is 1.27 bits per heavy atom. The van der Waals surface area contributed by atoms with Gasteiger partial charge in [0.1, 0.15) is 0 Å². The van der Waals surface area contributed by atoms with E-state index in [4.69, 9.17) is 27.9 Å². The number of hydrogen-bond donors (Lipinski definition) is 1.